The molecule has 7 heteroatoms. The predicted molar refractivity (Wildman–Crippen MR) is 105 cm³/mol. The highest BCUT2D eigenvalue weighted by Gasteiger charge is 2.33. The molecule has 2 aromatic carbocycles. The Bertz CT molecular complexity index is 893. The van der Waals surface area contributed by atoms with E-state index in [1.807, 2.05) is 0 Å². The van der Waals surface area contributed by atoms with Gasteiger partial charge in [0.25, 0.3) is 5.91 Å². The smallest absolute Gasteiger partial charge is 0.337 e. The summed E-state index contributed by atoms with van der Waals surface area (Å²) in [6.45, 7) is 0. The molecule has 0 radical (unpaired) electrons. The molecule has 0 bridgehead atoms. The van der Waals surface area contributed by atoms with Gasteiger partial charge in [-0.1, -0.05) is 53.8 Å². The van der Waals surface area contributed by atoms with E-state index < -0.39 is 5.97 Å². The van der Waals surface area contributed by atoms with Crippen molar-refractivity contribution >= 4 is 63.5 Å². The molecular weight excluding hydrogens is 378 g/mol. The third-order valence-electron chi connectivity index (χ3n) is 3.49. The number of thioether (sulfide) groups is 1. The summed E-state index contributed by atoms with van der Waals surface area (Å²) in [6, 6.07) is 13.8. The van der Waals surface area contributed by atoms with Gasteiger partial charge in [-0.15, -0.1) is 0 Å². The van der Waals surface area contributed by atoms with E-state index in [9.17, 15) is 9.59 Å². The molecule has 25 heavy (non-hydrogen) atoms. The Hall–Kier alpha value is -2.15. The van der Waals surface area contributed by atoms with Crippen molar-refractivity contribution in [2.75, 3.05) is 12.0 Å². The third-order valence-corrected chi connectivity index (χ3v) is 5.03. The van der Waals surface area contributed by atoms with Crippen LogP contribution in [0, 0.1) is 0 Å². The van der Waals surface area contributed by atoms with Crippen LogP contribution in [0.3, 0.4) is 0 Å². The zero-order chi connectivity index (χ0) is 18.0. The summed E-state index contributed by atoms with van der Waals surface area (Å²) in [7, 11) is 1.33. The molecule has 0 N–H and O–H groups in total. The number of esters is 1. The van der Waals surface area contributed by atoms with E-state index in [1.165, 1.54) is 23.8 Å². The van der Waals surface area contributed by atoms with Crippen molar-refractivity contribution in [3.05, 3.63) is 69.6 Å². The van der Waals surface area contributed by atoms with Crippen molar-refractivity contribution in [3.8, 4) is 0 Å². The van der Waals surface area contributed by atoms with Crippen LogP contribution in [-0.2, 0) is 9.53 Å². The van der Waals surface area contributed by atoms with Gasteiger partial charge in [0, 0.05) is 5.02 Å². The van der Waals surface area contributed by atoms with Crippen LogP contribution in [0.5, 0.6) is 0 Å². The maximum atomic E-state index is 12.7. The maximum Gasteiger partial charge on any atom is 0.337 e. The largest absolute Gasteiger partial charge is 0.465 e. The van der Waals surface area contributed by atoms with Crippen LogP contribution in [0.1, 0.15) is 15.9 Å². The van der Waals surface area contributed by atoms with Crippen LogP contribution in [0.4, 0.5) is 5.69 Å². The number of methoxy groups -OCH3 is 1. The summed E-state index contributed by atoms with van der Waals surface area (Å²) in [5.74, 6) is -0.604. The molecule has 1 saturated heterocycles. The lowest BCUT2D eigenvalue weighted by Crippen LogP contribution is -2.27. The first kappa shape index (κ1) is 17.7. The molecule has 4 nitrogen and oxygen atoms in total. The van der Waals surface area contributed by atoms with Gasteiger partial charge < -0.3 is 4.74 Å². The highest BCUT2D eigenvalue weighted by molar-refractivity contribution is 8.27. The number of anilines is 1. The van der Waals surface area contributed by atoms with Gasteiger partial charge in [0.15, 0.2) is 4.32 Å². The van der Waals surface area contributed by atoms with Crippen molar-refractivity contribution in [2.24, 2.45) is 0 Å². The maximum absolute atomic E-state index is 12.7. The van der Waals surface area contributed by atoms with Gasteiger partial charge in [-0.2, -0.15) is 0 Å². The molecule has 1 aliphatic rings. The van der Waals surface area contributed by atoms with Gasteiger partial charge in [0.1, 0.15) is 0 Å². The van der Waals surface area contributed by atoms with Gasteiger partial charge in [-0.25, -0.2) is 4.79 Å². The van der Waals surface area contributed by atoms with Gasteiger partial charge >= 0.3 is 5.97 Å². The van der Waals surface area contributed by atoms with E-state index in [2.05, 4.69) is 4.74 Å². The molecule has 1 amide bonds. The number of halogens is 1. The Morgan fingerprint density at radius 1 is 1.24 bits per heavy atom. The van der Waals surface area contributed by atoms with Crippen molar-refractivity contribution in [1.82, 2.24) is 0 Å². The van der Waals surface area contributed by atoms with E-state index >= 15 is 0 Å². The van der Waals surface area contributed by atoms with Gasteiger partial charge in [-0.3, -0.25) is 9.69 Å². The number of amides is 1. The van der Waals surface area contributed by atoms with Crippen LogP contribution in [0.2, 0.25) is 5.02 Å². The number of hydrogen-bond acceptors (Lipinski definition) is 5. The van der Waals surface area contributed by atoms with E-state index in [4.69, 9.17) is 23.8 Å². The predicted octanol–water partition coefficient (Wildman–Crippen LogP) is 4.53. The van der Waals surface area contributed by atoms with Crippen LogP contribution >= 0.6 is 35.6 Å². The number of hydrogen-bond donors (Lipinski definition) is 0. The second-order valence-electron chi connectivity index (χ2n) is 5.11. The summed E-state index contributed by atoms with van der Waals surface area (Å²) >= 11 is 12.6. The number of ether oxygens (including phenoxy) is 1. The molecule has 0 saturated carbocycles. The molecule has 2 aromatic rings. The van der Waals surface area contributed by atoms with Crippen molar-refractivity contribution in [3.63, 3.8) is 0 Å². The summed E-state index contributed by atoms with van der Waals surface area (Å²) in [5, 5.41) is 0.536. The molecule has 1 heterocycles. The molecular formula is C18H12ClNO3S2. The summed E-state index contributed by atoms with van der Waals surface area (Å²) < 4.78 is 5.12. The fourth-order valence-electron chi connectivity index (χ4n) is 2.29. The Labute approximate surface area is 159 Å². The van der Waals surface area contributed by atoms with E-state index in [0.29, 0.717) is 25.5 Å². The second kappa shape index (κ2) is 7.39. The highest BCUT2D eigenvalue weighted by Crippen LogP contribution is 2.36. The summed E-state index contributed by atoms with van der Waals surface area (Å²) in [6.07, 6.45) is 1.74. The Balaban J connectivity index is 1.86. The zero-order valence-electron chi connectivity index (χ0n) is 13.1. The topological polar surface area (TPSA) is 46.6 Å². The molecule has 0 atom stereocenters. The average Bonchev–Trinajstić information content (AvgIpc) is 2.88. The third kappa shape index (κ3) is 3.76. The fraction of sp³-hybridized carbons (Fsp3) is 0.0556. The molecule has 3 rings (SSSR count). The lowest BCUT2D eigenvalue weighted by molar-refractivity contribution is -0.113. The van der Waals surface area contributed by atoms with Crippen LogP contribution in [-0.4, -0.2) is 23.3 Å². The average molecular weight is 390 g/mol. The standard InChI is InChI=1S/C18H12ClNO3S2/c1-23-17(22)12-7-5-11(6-8-12)9-15-16(21)20(18(24)25-15)14-4-2-3-13(19)10-14/h2-10H,1H3/b15-9+. The van der Waals surface area contributed by atoms with Crippen molar-refractivity contribution < 1.29 is 14.3 Å². The van der Waals surface area contributed by atoms with E-state index in [-0.39, 0.29) is 5.91 Å². The van der Waals surface area contributed by atoms with Crippen molar-refractivity contribution in [2.45, 2.75) is 0 Å². The van der Waals surface area contributed by atoms with Crippen molar-refractivity contribution in [1.29, 1.82) is 0 Å². The Kier molecular flexibility index (Phi) is 5.22. The number of benzene rings is 2. The second-order valence-corrected chi connectivity index (χ2v) is 7.22. The number of nitrogens with zero attached hydrogens (tertiary/aromatic N) is 1. The molecule has 0 aliphatic carbocycles. The Morgan fingerprint density at radius 2 is 1.96 bits per heavy atom. The first-order valence-electron chi connectivity index (χ1n) is 7.21. The highest BCUT2D eigenvalue weighted by atomic mass is 35.5. The monoisotopic (exact) mass is 389 g/mol. The molecule has 126 valence electrons. The number of carbonyl (C=O) groups is 2. The SMILES string of the molecule is COC(=O)c1ccc(/C=C2/SC(=S)N(c3cccc(Cl)c3)C2=O)cc1. The molecule has 0 unspecified atom stereocenters. The molecule has 1 fully saturated rings. The number of rotatable bonds is 3. The summed E-state index contributed by atoms with van der Waals surface area (Å²) in [5.41, 5.74) is 1.88. The minimum absolute atomic E-state index is 0.200. The first-order valence-corrected chi connectivity index (χ1v) is 8.82. The number of carbonyl (C=O) groups excluding carboxylic acids is 2. The lowest BCUT2D eigenvalue weighted by Gasteiger charge is -2.14. The van der Waals surface area contributed by atoms with Crippen LogP contribution < -0.4 is 4.90 Å². The first-order chi connectivity index (χ1) is 12.0. The normalized spacial score (nSPS) is 15.8. The minimum Gasteiger partial charge on any atom is -0.465 e. The zero-order valence-corrected chi connectivity index (χ0v) is 15.5. The quantitative estimate of drug-likeness (QED) is 0.438. The van der Waals surface area contributed by atoms with Crippen LogP contribution in [0.15, 0.2) is 53.4 Å². The van der Waals surface area contributed by atoms with E-state index in [0.717, 1.165) is 5.56 Å². The summed E-state index contributed by atoms with van der Waals surface area (Å²) in [4.78, 5) is 26.1. The van der Waals surface area contributed by atoms with Gasteiger partial charge in [0.05, 0.1) is 23.3 Å². The lowest BCUT2D eigenvalue weighted by atomic mass is 10.1. The van der Waals surface area contributed by atoms with Gasteiger partial charge in [-0.05, 0) is 42.0 Å². The van der Waals surface area contributed by atoms with Gasteiger partial charge in [0.2, 0.25) is 0 Å². The molecule has 0 spiro atoms. The van der Waals surface area contributed by atoms with Crippen LogP contribution in [0.25, 0.3) is 6.08 Å². The molecule has 0 aromatic heterocycles. The Morgan fingerprint density at radius 3 is 2.60 bits per heavy atom. The molecule has 1 aliphatic heterocycles. The fourth-order valence-corrected chi connectivity index (χ4v) is 3.77. The minimum atomic E-state index is -0.404. The van der Waals surface area contributed by atoms with E-state index in [1.54, 1.807) is 54.6 Å². The number of thiocarbonyl (C=S) groups is 1.